The molecule has 1 saturated heterocycles. The number of para-hydroxylation sites is 1. The smallest absolute Gasteiger partial charge is 0.137 e. The van der Waals surface area contributed by atoms with Gasteiger partial charge in [0.2, 0.25) is 0 Å². The second-order valence-electron chi connectivity index (χ2n) is 8.49. The SMILES string of the molecule is COc1c(-c2ccc(N3C[C@@H](C)O[C@@H](C)C3)cc2)cnc2c(-c3ccc(Cl)nc3)cccc12. The molecule has 2 atom stereocenters. The molecule has 0 unspecified atom stereocenters. The minimum Gasteiger partial charge on any atom is -0.495 e. The van der Waals surface area contributed by atoms with Crippen LogP contribution in [0.25, 0.3) is 33.2 Å². The fourth-order valence-corrected chi connectivity index (χ4v) is 4.74. The van der Waals surface area contributed by atoms with Crippen molar-refractivity contribution in [2.24, 2.45) is 0 Å². The summed E-state index contributed by atoms with van der Waals surface area (Å²) >= 11 is 5.97. The number of rotatable bonds is 4. The summed E-state index contributed by atoms with van der Waals surface area (Å²) < 4.78 is 11.8. The number of halogens is 1. The minimum atomic E-state index is 0.225. The van der Waals surface area contributed by atoms with Crippen molar-refractivity contribution in [1.29, 1.82) is 0 Å². The van der Waals surface area contributed by atoms with Crippen molar-refractivity contribution in [2.45, 2.75) is 26.1 Å². The molecule has 0 saturated carbocycles. The van der Waals surface area contributed by atoms with E-state index >= 15 is 0 Å². The van der Waals surface area contributed by atoms with Crippen LogP contribution in [0.5, 0.6) is 5.75 Å². The zero-order valence-electron chi connectivity index (χ0n) is 19.0. The van der Waals surface area contributed by atoms with Crippen molar-refractivity contribution in [3.8, 4) is 28.0 Å². The molecule has 1 aliphatic heterocycles. The first-order chi connectivity index (χ1) is 16.0. The van der Waals surface area contributed by atoms with Crippen LogP contribution in [0.3, 0.4) is 0 Å². The Morgan fingerprint density at radius 2 is 1.61 bits per heavy atom. The number of aromatic nitrogens is 2. The summed E-state index contributed by atoms with van der Waals surface area (Å²) in [5, 5.41) is 1.43. The first-order valence-electron chi connectivity index (χ1n) is 11.1. The van der Waals surface area contributed by atoms with Crippen molar-refractivity contribution in [2.75, 3.05) is 25.1 Å². The highest BCUT2D eigenvalue weighted by atomic mass is 35.5. The largest absolute Gasteiger partial charge is 0.495 e. The number of ether oxygens (including phenoxy) is 2. The van der Waals surface area contributed by atoms with Crippen LogP contribution in [0, 0.1) is 0 Å². The summed E-state index contributed by atoms with van der Waals surface area (Å²) in [6.07, 6.45) is 4.11. The van der Waals surface area contributed by atoms with E-state index in [-0.39, 0.29) is 12.2 Å². The van der Waals surface area contributed by atoms with Crippen molar-refractivity contribution < 1.29 is 9.47 Å². The predicted molar refractivity (Wildman–Crippen MR) is 134 cm³/mol. The lowest BCUT2D eigenvalue weighted by molar-refractivity contribution is -0.00521. The van der Waals surface area contributed by atoms with Gasteiger partial charge in [0.15, 0.2) is 0 Å². The van der Waals surface area contributed by atoms with E-state index in [1.54, 1.807) is 19.4 Å². The number of hydrogen-bond donors (Lipinski definition) is 0. The highest BCUT2D eigenvalue weighted by molar-refractivity contribution is 6.29. The van der Waals surface area contributed by atoms with Gasteiger partial charge in [0.1, 0.15) is 10.9 Å². The fraction of sp³-hybridized carbons (Fsp3) is 0.259. The van der Waals surface area contributed by atoms with E-state index in [1.807, 2.05) is 30.5 Å². The highest BCUT2D eigenvalue weighted by Crippen LogP contribution is 2.39. The Bertz CT molecular complexity index is 1270. The van der Waals surface area contributed by atoms with Crippen LogP contribution in [-0.4, -0.2) is 42.4 Å². The van der Waals surface area contributed by atoms with Gasteiger partial charge in [-0.1, -0.05) is 35.9 Å². The van der Waals surface area contributed by atoms with Gasteiger partial charge >= 0.3 is 0 Å². The number of anilines is 1. The maximum Gasteiger partial charge on any atom is 0.137 e. The molecule has 0 radical (unpaired) electrons. The quantitative estimate of drug-likeness (QED) is 0.338. The van der Waals surface area contributed by atoms with E-state index in [4.69, 9.17) is 26.1 Å². The van der Waals surface area contributed by atoms with Crippen LogP contribution >= 0.6 is 11.6 Å². The molecule has 0 N–H and O–H groups in total. The summed E-state index contributed by atoms with van der Waals surface area (Å²) in [6, 6.07) is 18.5. The van der Waals surface area contributed by atoms with E-state index in [1.165, 1.54) is 5.69 Å². The van der Waals surface area contributed by atoms with Crippen LogP contribution in [0.1, 0.15) is 13.8 Å². The molecule has 33 heavy (non-hydrogen) atoms. The Morgan fingerprint density at radius 1 is 0.879 bits per heavy atom. The summed E-state index contributed by atoms with van der Waals surface area (Å²) in [6.45, 7) is 6.04. The van der Waals surface area contributed by atoms with Crippen molar-refractivity contribution in [1.82, 2.24) is 9.97 Å². The molecule has 2 aromatic heterocycles. The predicted octanol–water partition coefficient (Wildman–Crippen LogP) is 6.24. The Labute approximate surface area is 199 Å². The molecule has 0 amide bonds. The first-order valence-corrected chi connectivity index (χ1v) is 11.5. The first kappa shape index (κ1) is 21.7. The van der Waals surface area contributed by atoms with Crippen LogP contribution in [-0.2, 0) is 4.74 Å². The number of benzene rings is 2. The molecule has 5 nitrogen and oxygen atoms in total. The van der Waals surface area contributed by atoms with Crippen molar-refractivity contribution >= 4 is 28.2 Å². The van der Waals surface area contributed by atoms with Gasteiger partial charge in [0.25, 0.3) is 0 Å². The van der Waals surface area contributed by atoms with Gasteiger partial charge in [0.05, 0.1) is 24.8 Å². The normalized spacial score (nSPS) is 18.5. The van der Waals surface area contributed by atoms with Gasteiger partial charge in [-0.25, -0.2) is 4.98 Å². The second-order valence-corrected chi connectivity index (χ2v) is 8.87. The standard InChI is InChI=1S/C27H26ClN3O2/c1-17-15-31(16-18(2)33-17)21-10-7-19(8-11-21)24-14-30-26-22(20-9-12-25(28)29-13-20)5-4-6-23(26)27(24)32-3/h4-14,17-18H,15-16H2,1-3H3/t17-,18+. The Morgan fingerprint density at radius 3 is 2.27 bits per heavy atom. The van der Waals surface area contributed by atoms with Crippen LogP contribution in [0.4, 0.5) is 5.69 Å². The number of fused-ring (bicyclic) bond motifs is 1. The molecule has 6 heteroatoms. The molecular formula is C27H26ClN3O2. The fourth-order valence-electron chi connectivity index (χ4n) is 4.63. The molecule has 0 aliphatic carbocycles. The van der Waals surface area contributed by atoms with Gasteiger partial charge in [-0.3, -0.25) is 4.98 Å². The Hall–Kier alpha value is -3.15. The second kappa shape index (κ2) is 9.00. The molecule has 1 aliphatic rings. The van der Waals surface area contributed by atoms with Crippen LogP contribution in [0.2, 0.25) is 5.15 Å². The number of pyridine rings is 2. The molecule has 1 fully saturated rings. The average Bonchev–Trinajstić information content (AvgIpc) is 2.83. The lowest BCUT2D eigenvalue weighted by atomic mass is 9.99. The minimum absolute atomic E-state index is 0.225. The van der Waals surface area contributed by atoms with Gasteiger partial charge in [-0.05, 0) is 49.7 Å². The molecule has 168 valence electrons. The van der Waals surface area contributed by atoms with Gasteiger partial charge < -0.3 is 14.4 Å². The lowest BCUT2D eigenvalue weighted by Gasteiger charge is -2.36. The third-order valence-corrected chi connectivity index (χ3v) is 6.28. The van der Waals surface area contributed by atoms with E-state index in [9.17, 15) is 0 Å². The molecular weight excluding hydrogens is 434 g/mol. The lowest BCUT2D eigenvalue weighted by Crippen LogP contribution is -2.45. The summed E-state index contributed by atoms with van der Waals surface area (Å²) in [5.74, 6) is 0.810. The molecule has 0 bridgehead atoms. The molecule has 4 aromatic rings. The monoisotopic (exact) mass is 459 g/mol. The van der Waals surface area contributed by atoms with E-state index in [0.29, 0.717) is 5.15 Å². The van der Waals surface area contributed by atoms with Crippen LogP contribution in [0.15, 0.2) is 67.0 Å². The number of methoxy groups -OCH3 is 1. The van der Waals surface area contributed by atoms with Crippen molar-refractivity contribution in [3.05, 3.63) is 72.1 Å². The number of nitrogens with zero attached hydrogens (tertiary/aromatic N) is 3. The molecule has 0 spiro atoms. The zero-order valence-corrected chi connectivity index (χ0v) is 19.7. The topological polar surface area (TPSA) is 47.5 Å². The Kier molecular flexibility index (Phi) is 5.92. The Balaban J connectivity index is 1.53. The molecule has 5 rings (SSSR count). The summed E-state index contributed by atoms with van der Waals surface area (Å²) in [7, 11) is 1.71. The zero-order chi connectivity index (χ0) is 22.9. The average molecular weight is 460 g/mol. The molecule has 2 aromatic carbocycles. The maximum absolute atomic E-state index is 5.97. The molecule has 3 heterocycles. The van der Waals surface area contributed by atoms with Gasteiger partial charge in [-0.15, -0.1) is 0 Å². The third kappa shape index (κ3) is 4.26. The van der Waals surface area contributed by atoms with Gasteiger partial charge in [0, 0.05) is 53.2 Å². The number of hydrogen-bond acceptors (Lipinski definition) is 5. The third-order valence-electron chi connectivity index (χ3n) is 6.05. The van der Waals surface area contributed by atoms with Crippen LogP contribution < -0.4 is 9.64 Å². The number of morpholine rings is 1. The van der Waals surface area contributed by atoms with E-state index in [2.05, 4.69) is 48.0 Å². The summed E-state index contributed by atoms with van der Waals surface area (Å²) in [5.41, 5.74) is 6.06. The van der Waals surface area contributed by atoms with E-state index in [0.717, 1.165) is 52.0 Å². The maximum atomic E-state index is 5.97. The summed E-state index contributed by atoms with van der Waals surface area (Å²) in [4.78, 5) is 11.4. The highest BCUT2D eigenvalue weighted by Gasteiger charge is 2.22. The van der Waals surface area contributed by atoms with E-state index < -0.39 is 0 Å². The van der Waals surface area contributed by atoms with Gasteiger partial charge in [-0.2, -0.15) is 0 Å². The van der Waals surface area contributed by atoms with Crippen molar-refractivity contribution in [3.63, 3.8) is 0 Å².